The summed E-state index contributed by atoms with van der Waals surface area (Å²) in [5.74, 6) is -1.55. The number of rotatable bonds is 2. The first kappa shape index (κ1) is 10.9. The van der Waals surface area contributed by atoms with Crippen molar-refractivity contribution in [1.29, 1.82) is 0 Å². The SMILES string of the molecule is O=[N+]([O-])c1n[nH]c([N+](=O)[O-])n1.[H-].[Na+]. The normalized spacial score (nSPS) is 8.67. The number of nitro groups is 2. The summed E-state index contributed by atoms with van der Waals surface area (Å²) < 4.78 is 0. The van der Waals surface area contributed by atoms with Crippen LogP contribution in [0.25, 0.3) is 0 Å². The molecule has 0 aromatic carbocycles. The van der Waals surface area contributed by atoms with E-state index in [4.69, 9.17) is 0 Å². The Bertz CT molecular complexity index is 285. The molecule has 0 bridgehead atoms. The first-order valence-corrected chi connectivity index (χ1v) is 2.32. The molecule has 1 aromatic heterocycles. The van der Waals surface area contributed by atoms with Gasteiger partial charge in [-0.25, -0.2) is 0 Å². The number of hydrogen-bond acceptors (Lipinski definition) is 6. The maximum atomic E-state index is 9.89. The van der Waals surface area contributed by atoms with E-state index in [1.807, 2.05) is 0 Å². The molecule has 0 unspecified atom stereocenters. The second kappa shape index (κ2) is 4.09. The van der Waals surface area contributed by atoms with Crippen molar-refractivity contribution in [2.24, 2.45) is 0 Å². The van der Waals surface area contributed by atoms with Gasteiger partial charge in [0.1, 0.15) is 0 Å². The van der Waals surface area contributed by atoms with Gasteiger partial charge in [-0.1, -0.05) is 5.10 Å². The van der Waals surface area contributed by atoms with E-state index in [0.29, 0.717) is 0 Å². The van der Waals surface area contributed by atoms with Crippen LogP contribution in [-0.2, 0) is 0 Å². The Morgan fingerprint density at radius 3 is 2.17 bits per heavy atom. The zero-order valence-electron chi connectivity index (χ0n) is 6.92. The van der Waals surface area contributed by atoms with Gasteiger partial charge in [-0.3, -0.25) is 0 Å². The summed E-state index contributed by atoms with van der Waals surface area (Å²) in [5, 5.41) is 24.5. The van der Waals surface area contributed by atoms with Gasteiger partial charge in [-0.15, -0.1) is 0 Å². The van der Waals surface area contributed by atoms with Crippen LogP contribution in [0, 0.1) is 20.2 Å². The molecule has 0 aliphatic heterocycles. The van der Waals surface area contributed by atoms with Gasteiger partial charge >= 0.3 is 41.5 Å². The summed E-state index contributed by atoms with van der Waals surface area (Å²) in [5.41, 5.74) is 0. The molecule has 1 aromatic rings. The first-order valence-electron chi connectivity index (χ1n) is 2.32. The van der Waals surface area contributed by atoms with Crippen molar-refractivity contribution in [3.63, 3.8) is 0 Å². The predicted octanol–water partition coefficient (Wildman–Crippen LogP) is -3.26. The largest absolute Gasteiger partial charge is 1.00 e. The molecule has 0 atom stereocenters. The molecule has 10 heteroatoms. The van der Waals surface area contributed by atoms with Gasteiger partial charge in [-0.05, 0) is 9.85 Å². The number of H-pyrrole nitrogens is 1. The van der Waals surface area contributed by atoms with Crippen LogP contribution in [0.3, 0.4) is 0 Å². The Kier molecular flexibility index (Phi) is 3.73. The van der Waals surface area contributed by atoms with E-state index < -0.39 is 21.7 Å². The molecule has 0 amide bonds. The number of hydrogen-bond donors (Lipinski definition) is 1. The number of aromatic amines is 1. The summed E-state index contributed by atoms with van der Waals surface area (Å²) in [6, 6.07) is 0. The molecule has 0 spiro atoms. The van der Waals surface area contributed by atoms with Crippen LogP contribution >= 0.6 is 0 Å². The molecular formula is C2H2N5NaO4. The van der Waals surface area contributed by atoms with Crippen LogP contribution in [0.1, 0.15) is 1.43 Å². The van der Waals surface area contributed by atoms with Gasteiger partial charge in [0.05, 0.1) is 5.10 Å². The minimum atomic E-state index is -0.927. The second-order valence-electron chi connectivity index (χ2n) is 1.47. The number of aromatic nitrogens is 3. The summed E-state index contributed by atoms with van der Waals surface area (Å²) in [6.07, 6.45) is 0. The molecule has 0 saturated heterocycles. The molecule has 60 valence electrons. The standard InChI is InChI=1S/C2HN5O4.Na.H/c8-6(9)1-3-2(5-4-1)7(10)11;;/h(H,3,4,5);;/q;+1;-1. The molecular weight excluding hydrogens is 181 g/mol. The molecule has 0 saturated carbocycles. The van der Waals surface area contributed by atoms with Crippen molar-refractivity contribution in [2.75, 3.05) is 0 Å². The maximum absolute atomic E-state index is 9.89. The summed E-state index contributed by atoms with van der Waals surface area (Å²) in [6.45, 7) is 0. The van der Waals surface area contributed by atoms with Gasteiger partial charge in [0.25, 0.3) is 0 Å². The average Bonchev–Trinajstić information content (AvgIpc) is 2.33. The smallest absolute Gasteiger partial charge is 1.00 e. The van der Waals surface area contributed by atoms with Gasteiger partial charge in [0, 0.05) is 4.98 Å². The van der Waals surface area contributed by atoms with Crippen molar-refractivity contribution < 1.29 is 40.8 Å². The van der Waals surface area contributed by atoms with Gasteiger partial charge in [0.15, 0.2) is 0 Å². The van der Waals surface area contributed by atoms with E-state index in [1.54, 1.807) is 5.10 Å². The maximum Gasteiger partial charge on any atom is 1.00 e. The molecule has 0 aliphatic rings. The summed E-state index contributed by atoms with van der Waals surface area (Å²) >= 11 is 0. The fourth-order valence-corrected chi connectivity index (χ4v) is 0.408. The third kappa shape index (κ3) is 2.22. The molecule has 0 fully saturated rings. The van der Waals surface area contributed by atoms with Gasteiger partial charge < -0.3 is 21.7 Å². The van der Waals surface area contributed by atoms with Gasteiger partial charge in [0.2, 0.25) is 0 Å². The van der Waals surface area contributed by atoms with Crippen molar-refractivity contribution >= 4 is 11.9 Å². The average molecular weight is 183 g/mol. The van der Waals surface area contributed by atoms with Crippen molar-refractivity contribution in [1.82, 2.24) is 15.2 Å². The zero-order chi connectivity index (χ0) is 8.43. The molecule has 0 radical (unpaired) electrons. The molecule has 12 heavy (non-hydrogen) atoms. The Balaban J connectivity index is 0. The van der Waals surface area contributed by atoms with Crippen molar-refractivity contribution in [3.8, 4) is 0 Å². The van der Waals surface area contributed by atoms with Crippen LogP contribution in [-0.4, -0.2) is 25.0 Å². The van der Waals surface area contributed by atoms with Crippen LogP contribution in [0.15, 0.2) is 0 Å². The van der Waals surface area contributed by atoms with E-state index >= 15 is 0 Å². The Labute approximate surface area is 88.3 Å². The minimum absolute atomic E-state index is 0. The monoisotopic (exact) mass is 183 g/mol. The van der Waals surface area contributed by atoms with E-state index in [2.05, 4.69) is 10.1 Å². The molecule has 9 nitrogen and oxygen atoms in total. The van der Waals surface area contributed by atoms with Crippen LogP contribution in [0.5, 0.6) is 0 Å². The third-order valence-electron chi connectivity index (χ3n) is 0.798. The van der Waals surface area contributed by atoms with Crippen LogP contribution in [0.4, 0.5) is 11.9 Å². The Morgan fingerprint density at radius 2 is 1.92 bits per heavy atom. The quantitative estimate of drug-likeness (QED) is 0.291. The fraction of sp³-hybridized carbons (Fsp3) is 0. The zero-order valence-corrected chi connectivity index (χ0v) is 7.92. The van der Waals surface area contributed by atoms with Gasteiger partial charge in [-0.2, -0.15) is 0 Å². The fourth-order valence-electron chi connectivity index (χ4n) is 0.408. The van der Waals surface area contributed by atoms with Crippen LogP contribution < -0.4 is 29.6 Å². The molecule has 1 rings (SSSR count). The molecule has 0 aliphatic carbocycles. The Morgan fingerprint density at radius 1 is 1.33 bits per heavy atom. The first-order chi connectivity index (χ1) is 5.11. The van der Waals surface area contributed by atoms with E-state index in [0.717, 1.165) is 0 Å². The van der Waals surface area contributed by atoms with Crippen molar-refractivity contribution in [2.45, 2.75) is 0 Å². The van der Waals surface area contributed by atoms with Crippen molar-refractivity contribution in [3.05, 3.63) is 20.2 Å². The molecule has 1 heterocycles. The molecule has 1 N–H and O–H groups in total. The topological polar surface area (TPSA) is 128 Å². The Hall–Kier alpha value is -1.06. The minimum Gasteiger partial charge on any atom is -1.00 e. The predicted molar refractivity (Wildman–Crippen MR) is 30.8 cm³/mol. The van der Waals surface area contributed by atoms with E-state index in [1.165, 1.54) is 0 Å². The number of nitrogens with one attached hydrogen (secondary N) is 1. The third-order valence-corrected chi connectivity index (χ3v) is 0.798. The number of nitrogens with zero attached hydrogens (tertiary/aromatic N) is 4. The second-order valence-corrected chi connectivity index (χ2v) is 1.47. The summed E-state index contributed by atoms with van der Waals surface area (Å²) in [4.78, 5) is 20.9. The van der Waals surface area contributed by atoms with E-state index in [-0.39, 0.29) is 31.0 Å². The van der Waals surface area contributed by atoms with Crippen LogP contribution in [0.2, 0.25) is 0 Å². The summed E-state index contributed by atoms with van der Waals surface area (Å²) in [7, 11) is 0. The van der Waals surface area contributed by atoms with E-state index in [9.17, 15) is 20.2 Å².